The smallest absolute Gasteiger partial charge is 0.321 e. The van der Waals surface area contributed by atoms with E-state index >= 15 is 0 Å². The normalized spacial score (nSPS) is 11.1. The fraction of sp³-hybridized carbons (Fsp3) is 0.200. The maximum Gasteiger partial charge on any atom is 0.321 e. The van der Waals surface area contributed by atoms with Gasteiger partial charge in [0.2, 0.25) is 10.0 Å². The van der Waals surface area contributed by atoms with Crippen LogP contribution in [0.25, 0.3) is 0 Å². The number of halogens is 1. The standard InChI is InChI=1S/C15H15BrN2O6S/c16-11-3-1-5-13(7-11)25(21,22)18-9-15(20)24-10-14(19)17-8-12-4-2-6-23-12/h1-7,18H,8-10H2,(H,17,19). The van der Waals surface area contributed by atoms with Crippen molar-refractivity contribution in [3.8, 4) is 0 Å². The zero-order chi connectivity index (χ0) is 18.3. The SMILES string of the molecule is O=C(COC(=O)CNS(=O)(=O)c1cccc(Br)c1)NCc1ccco1. The summed E-state index contributed by atoms with van der Waals surface area (Å²) in [5.74, 6) is -0.840. The lowest BCUT2D eigenvalue weighted by atomic mass is 10.4. The van der Waals surface area contributed by atoms with E-state index < -0.39 is 35.1 Å². The van der Waals surface area contributed by atoms with Crippen LogP contribution in [0.15, 0.2) is 56.4 Å². The number of rotatable bonds is 8. The average Bonchev–Trinajstić information content (AvgIpc) is 3.10. The molecule has 0 saturated carbocycles. The summed E-state index contributed by atoms with van der Waals surface area (Å²) in [6.07, 6.45) is 1.47. The zero-order valence-corrected chi connectivity index (χ0v) is 15.3. The Morgan fingerprint density at radius 1 is 1.20 bits per heavy atom. The molecule has 0 radical (unpaired) electrons. The number of hydrogen-bond donors (Lipinski definition) is 2. The first kappa shape index (κ1) is 19.2. The molecule has 1 amide bonds. The van der Waals surface area contributed by atoms with Crippen molar-refractivity contribution in [3.05, 3.63) is 52.9 Å². The van der Waals surface area contributed by atoms with Gasteiger partial charge in [0, 0.05) is 4.47 Å². The summed E-state index contributed by atoms with van der Waals surface area (Å²) in [5.41, 5.74) is 0. The van der Waals surface area contributed by atoms with E-state index in [2.05, 4.69) is 26.0 Å². The molecular formula is C15H15BrN2O6S. The molecule has 0 atom stereocenters. The monoisotopic (exact) mass is 430 g/mol. The molecule has 0 aliphatic rings. The van der Waals surface area contributed by atoms with Gasteiger partial charge in [-0.05, 0) is 30.3 Å². The number of ether oxygens (including phenoxy) is 1. The van der Waals surface area contributed by atoms with Crippen LogP contribution in [0.5, 0.6) is 0 Å². The van der Waals surface area contributed by atoms with E-state index in [0.29, 0.717) is 10.2 Å². The molecule has 0 saturated heterocycles. The van der Waals surface area contributed by atoms with Crippen molar-refractivity contribution in [2.24, 2.45) is 0 Å². The molecule has 2 rings (SSSR count). The summed E-state index contributed by atoms with van der Waals surface area (Å²) in [6.45, 7) is -0.933. The van der Waals surface area contributed by atoms with Crippen molar-refractivity contribution >= 4 is 37.8 Å². The Kier molecular flexibility index (Phi) is 6.73. The Bertz CT molecular complexity index is 835. The van der Waals surface area contributed by atoms with Crippen molar-refractivity contribution in [2.75, 3.05) is 13.2 Å². The van der Waals surface area contributed by atoms with Gasteiger partial charge in [-0.15, -0.1) is 0 Å². The third-order valence-electron chi connectivity index (χ3n) is 2.92. The summed E-state index contributed by atoms with van der Waals surface area (Å²) >= 11 is 3.17. The van der Waals surface area contributed by atoms with Crippen molar-refractivity contribution < 1.29 is 27.2 Å². The van der Waals surface area contributed by atoms with Crippen LogP contribution in [0.1, 0.15) is 5.76 Å². The summed E-state index contributed by atoms with van der Waals surface area (Å²) in [4.78, 5) is 23.1. The number of carbonyl (C=O) groups is 2. The molecule has 134 valence electrons. The van der Waals surface area contributed by atoms with E-state index in [0.717, 1.165) is 0 Å². The molecule has 10 heteroatoms. The third kappa shape index (κ3) is 6.33. The van der Waals surface area contributed by atoms with Crippen LogP contribution in [-0.4, -0.2) is 33.4 Å². The Labute approximate surface area is 152 Å². The van der Waals surface area contributed by atoms with Crippen molar-refractivity contribution in [1.82, 2.24) is 10.0 Å². The van der Waals surface area contributed by atoms with E-state index in [-0.39, 0.29) is 11.4 Å². The number of amides is 1. The number of carbonyl (C=O) groups excluding carboxylic acids is 2. The van der Waals surface area contributed by atoms with Gasteiger partial charge in [-0.1, -0.05) is 22.0 Å². The van der Waals surface area contributed by atoms with Gasteiger partial charge in [0.15, 0.2) is 6.61 Å². The van der Waals surface area contributed by atoms with Gasteiger partial charge in [0.25, 0.3) is 5.91 Å². The Morgan fingerprint density at radius 3 is 2.68 bits per heavy atom. The van der Waals surface area contributed by atoms with Crippen LogP contribution < -0.4 is 10.0 Å². The second kappa shape index (κ2) is 8.79. The molecule has 8 nitrogen and oxygen atoms in total. The molecule has 0 aliphatic carbocycles. The van der Waals surface area contributed by atoms with E-state index in [1.165, 1.54) is 18.4 Å². The average molecular weight is 431 g/mol. The maximum atomic E-state index is 12.0. The molecule has 0 aliphatic heterocycles. The summed E-state index contributed by atoms with van der Waals surface area (Å²) in [7, 11) is -3.85. The molecule has 0 unspecified atom stereocenters. The minimum absolute atomic E-state index is 0.00543. The summed E-state index contributed by atoms with van der Waals surface area (Å²) in [5, 5.41) is 2.49. The molecule has 2 N–H and O–H groups in total. The highest BCUT2D eigenvalue weighted by molar-refractivity contribution is 9.10. The lowest BCUT2D eigenvalue weighted by Gasteiger charge is -2.08. The highest BCUT2D eigenvalue weighted by atomic mass is 79.9. The van der Waals surface area contributed by atoms with Gasteiger partial charge < -0.3 is 14.5 Å². The molecule has 1 aromatic carbocycles. The molecule has 1 heterocycles. The third-order valence-corrected chi connectivity index (χ3v) is 4.81. The summed E-state index contributed by atoms with van der Waals surface area (Å²) < 4.78 is 36.5. The maximum absolute atomic E-state index is 12.0. The lowest BCUT2D eigenvalue weighted by Crippen LogP contribution is -2.33. The largest absolute Gasteiger partial charge is 0.467 e. The fourth-order valence-electron chi connectivity index (χ4n) is 1.72. The van der Waals surface area contributed by atoms with E-state index in [9.17, 15) is 18.0 Å². The zero-order valence-electron chi connectivity index (χ0n) is 12.9. The molecule has 0 fully saturated rings. The molecule has 2 aromatic rings. The predicted octanol–water partition coefficient (Wildman–Crippen LogP) is 1.18. The first-order valence-corrected chi connectivity index (χ1v) is 9.34. The van der Waals surface area contributed by atoms with Crippen LogP contribution >= 0.6 is 15.9 Å². The quantitative estimate of drug-likeness (QED) is 0.607. The van der Waals surface area contributed by atoms with Crippen LogP contribution in [0.4, 0.5) is 0 Å². The van der Waals surface area contributed by atoms with Crippen molar-refractivity contribution in [3.63, 3.8) is 0 Å². The number of sulfonamides is 1. The number of nitrogens with one attached hydrogen (secondary N) is 2. The molecular weight excluding hydrogens is 416 g/mol. The van der Waals surface area contributed by atoms with Crippen molar-refractivity contribution in [1.29, 1.82) is 0 Å². The number of furan rings is 1. The lowest BCUT2D eigenvalue weighted by molar-refractivity contribution is -0.147. The summed E-state index contributed by atoms with van der Waals surface area (Å²) in [6, 6.07) is 9.38. The Balaban J connectivity index is 1.73. The van der Waals surface area contributed by atoms with Crippen LogP contribution in [-0.2, 0) is 30.9 Å². The molecule has 1 aromatic heterocycles. The Hall–Kier alpha value is -2.17. The second-order valence-electron chi connectivity index (χ2n) is 4.80. The fourth-order valence-corrected chi connectivity index (χ4v) is 3.28. The van der Waals surface area contributed by atoms with Gasteiger partial charge in [-0.3, -0.25) is 9.59 Å². The second-order valence-corrected chi connectivity index (χ2v) is 7.48. The first-order valence-electron chi connectivity index (χ1n) is 7.07. The minimum atomic E-state index is -3.85. The van der Waals surface area contributed by atoms with E-state index in [4.69, 9.17) is 9.15 Å². The molecule has 0 spiro atoms. The van der Waals surface area contributed by atoms with Crippen LogP contribution in [0.2, 0.25) is 0 Å². The number of benzene rings is 1. The van der Waals surface area contributed by atoms with Crippen molar-refractivity contribution in [2.45, 2.75) is 11.4 Å². The van der Waals surface area contributed by atoms with Gasteiger partial charge >= 0.3 is 5.97 Å². The van der Waals surface area contributed by atoms with E-state index in [1.807, 2.05) is 0 Å². The van der Waals surface area contributed by atoms with Gasteiger partial charge in [0.05, 0.1) is 17.7 Å². The van der Waals surface area contributed by atoms with Gasteiger partial charge in [-0.25, -0.2) is 8.42 Å². The van der Waals surface area contributed by atoms with Gasteiger partial charge in [0.1, 0.15) is 12.3 Å². The first-order chi connectivity index (χ1) is 11.9. The molecule has 25 heavy (non-hydrogen) atoms. The highest BCUT2D eigenvalue weighted by Crippen LogP contribution is 2.15. The number of esters is 1. The van der Waals surface area contributed by atoms with Gasteiger partial charge in [-0.2, -0.15) is 4.72 Å². The number of hydrogen-bond acceptors (Lipinski definition) is 6. The van der Waals surface area contributed by atoms with Crippen LogP contribution in [0, 0.1) is 0 Å². The minimum Gasteiger partial charge on any atom is -0.467 e. The molecule has 0 bridgehead atoms. The highest BCUT2D eigenvalue weighted by Gasteiger charge is 2.17. The van der Waals surface area contributed by atoms with Crippen LogP contribution in [0.3, 0.4) is 0 Å². The Morgan fingerprint density at radius 2 is 2.00 bits per heavy atom. The predicted molar refractivity (Wildman–Crippen MR) is 90.8 cm³/mol. The van der Waals surface area contributed by atoms with E-state index in [1.54, 1.807) is 24.3 Å². The topological polar surface area (TPSA) is 115 Å².